The number of carbonyl (C=O) groups is 1. The van der Waals surface area contributed by atoms with Crippen LogP contribution in [0.3, 0.4) is 0 Å². The zero-order valence-corrected chi connectivity index (χ0v) is 10.0. The lowest BCUT2D eigenvalue weighted by Gasteiger charge is -1.99. The van der Waals surface area contributed by atoms with Crippen LogP contribution in [0.25, 0.3) is 6.08 Å². The standard InChI is InChI=1S/C12H8N4OS/c13-7-10(6-9-4-2-1-3-5-9)11(17)15-12-16-14-8-18-12/h1-6,8H,(H,15,16,17). The maximum atomic E-state index is 11.8. The predicted molar refractivity (Wildman–Crippen MR) is 68.6 cm³/mol. The summed E-state index contributed by atoms with van der Waals surface area (Å²) in [4.78, 5) is 11.8. The third-order valence-electron chi connectivity index (χ3n) is 2.06. The molecule has 5 nitrogen and oxygen atoms in total. The topological polar surface area (TPSA) is 78.7 Å². The summed E-state index contributed by atoms with van der Waals surface area (Å²) >= 11 is 1.19. The quantitative estimate of drug-likeness (QED) is 0.673. The minimum Gasteiger partial charge on any atom is -0.296 e. The molecule has 0 saturated carbocycles. The first-order valence-electron chi connectivity index (χ1n) is 5.04. The predicted octanol–water partition coefficient (Wildman–Crippen LogP) is 2.08. The molecule has 88 valence electrons. The van der Waals surface area contributed by atoms with E-state index in [4.69, 9.17) is 5.26 Å². The van der Waals surface area contributed by atoms with Gasteiger partial charge in [-0.1, -0.05) is 41.7 Å². The first kappa shape index (κ1) is 12.0. The highest BCUT2D eigenvalue weighted by Gasteiger charge is 2.10. The van der Waals surface area contributed by atoms with Crippen LogP contribution in [0, 0.1) is 11.3 Å². The molecule has 1 amide bonds. The number of amides is 1. The normalized spacial score (nSPS) is 10.7. The molecule has 0 saturated heterocycles. The van der Waals surface area contributed by atoms with Crippen LogP contribution in [0.1, 0.15) is 5.56 Å². The number of carbonyl (C=O) groups excluding carboxylic acids is 1. The summed E-state index contributed by atoms with van der Waals surface area (Å²) < 4.78 is 0. The molecule has 1 heterocycles. The molecule has 0 unspecified atom stereocenters. The SMILES string of the molecule is N#CC(=Cc1ccccc1)C(=O)Nc1nncs1. The first-order valence-corrected chi connectivity index (χ1v) is 5.92. The third-order valence-corrected chi connectivity index (χ3v) is 2.66. The fourth-order valence-electron chi connectivity index (χ4n) is 1.26. The Hall–Kier alpha value is -2.52. The average molecular weight is 256 g/mol. The summed E-state index contributed by atoms with van der Waals surface area (Å²) in [5, 5.41) is 19.1. The fraction of sp³-hybridized carbons (Fsp3) is 0. The summed E-state index contributed by atoms with van der Waals surface area (Å²) in [6.45, 7) is 0. The summed E-state index contributed by atoms with van der Waals surface area (Å²) in [5.74, 6) is -0.488. The van der Waals surface area contributed by atoms with Gasteiger partial charge < -0.3 is 0 Å². The summed E-state index contributed by atoms with van der Waals surface area (Å²) in [6, 6.07) is 11.0. The summed E-state index contributed by atoms with van der Waals surface area (Å²) in [5.41, 5.74) is 2.32. The van der Waals surface area contributed by atoms with Crippen LogP contribution >= 0.6 is 11.3 Å². The van der Waals surface area contributed by atoms with Gasteiger partial charge in [-0.25, -0.2) is 0 Å². The van der Waals surface area contributed by atoms with Gasteiger partial charge in [0.25, 0.3) is 5.91 Å². The lowest BCUT2D eigenvalue weighted by atomic mass is 10.1. The van der Waals surface area contributed by atoms with Crippen molar-refractivity contribution in [3.8, 4) is 6.07 Å². The number of nitriles is 1. The van der Waals surface area contributed by atoms with E-state index in [0.29, 0.717) is 5.13 Å². The van der Waals surface area contributed by atoms with Gasteiger partial charge in [0.1, 0.15) is 17.2 Å². The van der Waals surface area contributed by atoms with Crippen molar-refractivity contribution in [2.75, 3.05) is 5.32 Å². The maximum Gasteiger partial charge on any atom is 0.268 e. The molecule has 0 radical (unpaired) electrons. The first-order chi connectivity index (χ1) is 8.79. The summed E-state index contributed by atoms with van der Waals surface area (Å²) in [6.07, 6.45) is 1.52. The van der Waals surface area contributed by atoms with Crippen molar-refractivity contribution in [3.05, 3.63) is 47.0 Å². The molecule has 6 heteroatoms. The smallest absolute Gasteiger partial charge is 0.268 e. The van der Waals surface area contributed by atoms with Crippen LogP contribution in [-0.2, 0) is 4.79 Å². The van der Waals surface area contributed by atoms with Crippen molar-refractivity contribution in [1.82, 2.24) is 10.2 Å². The molecule has 2 rings (SSSR count). The molecule has 0 aliphatic rings. The Labute approximate surface area is 107 Å². The molecule has 18 heavy (non-hydrogen) atoms. The Kier molecular flexibility index (Phi) is 3.79. The van der Waals surface area contributed by atoms with Gasteiger partial charge in [-0.15, -0.1) is 10.2 Å². The second kappa shape index (κ2) is 5.70. The number of anilines is 1. The molecular formula is C12H8N4OS. The zero-order chi connectivity index (χ0) is 12.8. The molecule has 0 atom stereocenters. The van der Waals surface area contributed by atoms with Crippen molar-refractivity contribution < 1.29 is 4.79 Å². The lowest BCUT2D eigenvalue weighted by molar-refractivity contribution is -0.112. The van der Waals surface area contributed by atoms with Crippen molar-refractivity contribution in [1.29, 1.82) is 5.26 Å². The van der Waals surface area contributed by atoms with E-state index in [2.05, 4.69) is 15.5 Å². The average Bonchev–Trinajstić information content (AvgIpc) is 2.90. The van der Waals surface area contributed by atoms with Crippen LogP contribution < -0.4 is 5.32 Å². The van der Waals surface area contributed by atoms with E-state index in [1.54, 1.807) is 0 Å². The number of benzene rings is 1. The Morgan fingerprint density at radius 1 is 1.39 bits per heavy atom. The highest BCUT2D eigenvalue weighted by molar-refractivity contribution is 7.13. The van der Waals surface area contributed by atoms with Gasteiger partial charge in [-0.05, 0) is 11.6 Å². The summed E-state index contributed by atoms with van der Waals surface area (Å²) in [7, 11) is 0. The van der Waals surface area contributed by atoms with E-state index >= 15 is 0 Å². The molecule has 1 aromatic carbocycles. The number of rotatable bonds is 3. The van der Waals surface area contributed by atoms with Crippen molar-refractivity contribution in [3.63, 3.8) is 0 Å². The minimum atomic E-state index is -0.488. The Morgan fingerprint density at radius 3 is 2.78 bits per heavy atom. The molecule has 0 fully saturated rings. The lowest BCUT2D eigenvalue weighted by Crippen LogP contribution is -2.13. The molecule has 0 aliphatic carbocycles. The van der Waals surface area contributed by atoms with Crippen molar-refractivity contribution >= 4 is 28.5 Å². The van der Waals surface area contributed by atoms with E-state index < -0.39 is 5.91 Å². The zero-order valence-electron chi connectivity index (χ0n) is 9.20. The largest absolute Gasteiger partial charge is 0.296 e. The van der Waals surface area contributed by atoms with Gasteiger partial charge in [0.2, 0.25) is 5.13 Å². The number of aromatic nitrogens is 2. The monoisotopic (exact) mass is 256 g/mol. The van der Waals surface area contributed by atoms with E-state index in [1.165, 1.54) is 22.9 Å². The molecule has 0 aliphatic heterocycles. The van der Waals surface area contributed by atoms with E-state index in [-0.39, 0.29) is 5.57 Å². The fourth-order valence-corrected chi connectivity index (χ4v) is 1.70. The number of hydrogen-bond donors (Lipinski definition) is 1. The molecular weight excluding hydrogens is 248 g/mol. The third kappa shape index (κ3) is 2.99. The van der Waals surface area contributed by atoms with Gasteiger partial charge in [0.05, 0.1) is 0 Å². The van der Waals surface area contributed by atoms with Gasteiger partial charge >= 0.3 is 0 Å². The highest BCUT2D eigenvalue weighted by atomic mass is 32.1. The molecule has 0 spiro atoms. The number of hydrogen-bond acceptors (Lipinski definition) is 5. The Bertz CT molecular complexity index is 599. The van der Waals surface area contributed by atoms with Gasteiger partial charge in [0, 0.05) is 0 Å². The van der Waals surface area contributed by atoms with Crippen molar-refractivity contribution in [2.45, 2.75) is 0 Å². The van der Waals surface area contributed by atoms with Gasteiger partial charge in [0.15, 0.2) is 0 Å². The maximum absolute atomic E-state index is 11.8. The Morgan fingerprint density at radius 2 is 2.17 bits per heavy atom. The number of nitrogens with zero attached hydrogens (tertiary/aromatic N) is 3. The van der Waals surface area contributed by atoms with E-state index in [0.717, 1.165) is 5.56 Å². The molecule has 1 aromatic heterocycles. The van der Waals surface area contributed by atoms with E-state index in [1.807, 2.05) is 36.4 Å². The van der Waals surface area contributed by atoms with E-state index in [9.17, 15) is 4.79 Å². The van der Waals surface area contributed by atoms with Gasteiger partial charge in [-0.3, -0.25) is 10.1 Å². The van der Waals surface area contributed by atoms with Crippen LogP contribution in [-0.4, -0.2) is 16.1 Å². The molecule has 1 N–H and O–H groups in total. The second-order valence-corrected chi connectivity index (χ2v) is 4.11. The van der Waals surface area contributed by atoms with Crippen LogP contribution in [0.5, 0.6) is 0 Å². The van der Waals surface area contributed by atoms with Crippen LogP contribution in [0.4, 0.5) is 5.13 Å². The minimum absolute atomic E-state index is 0.0244. The van der Waals surface area contributed by atoms with Crippen LogP contribution in [0.15, 0.2) is 41.4 Å². The van der Waals surface area contributed by atoms with Crippen LogP contribution in [0.2, 0.25) is 0 Å². The molecule has 0 bridgehead atoms. The van der Waals surface area contributed by atoms with Gasteiger partial charge in [-0.2, -0.15) is 5.26 Å². The second-order valence-electron chi connectivity index (χ2n) is 3.28. The molecule has 2 aromatic rings. The number of nitrogens with one attached hydrogen (secondary N) is 1. The Balaban J connectivity index is 2.17. The van der Waals surface area contributed by atoms with Crippen molar-refractivity contribution in [2.24, 2.45) is 0 Å². The highest BCUT2D eigenvalue weighted by Crippen LogP contribution is 2.11.